The van der Waals surface area contributed by atoms with E-state index < -0.39 is 0 Å². The van der Waals surface area contributed by atoms with Crippen molar-refractivity contribution in [3.63, 3.8) is 0 Å². The fraction of sp³-hybridized carbons (Fsp3) is 0. The van der Waals surface area contributed by atoms with Gasteiger partial charge in [0.2, 0.25) is 0 Å². The lowest BCUT2D eigenvalue weighted by atomic mass is 10.1. The predicted octanol–water partition coefficient (Wildman–Crippen LogP) is 3.26. The molecule has 0 aliphatic heterocycles. The number of halogens is 1. The minimum atomic E-state index is 0. The zero-order valence-corrected chi connectivity index (χ0v) is 9.52. The fourth-order valence-electron chi connectivity index (χ4n) is 1.32. The van der Waals surface area contributed by atoms with Crippen molar-refractivity contribution in [2.24, 2.45) is 0 Å². The highest BCUT2D eigenvalue weighted by molar-refractivity contribution is 5.85. The number of rotatable bonds is 2. The molecule has 1 aromatic heterocycles. The number of anilines is 1. The van der Waals surface area contributed by atoms with Gasteiger partial charge in [-0.25, -0.2) is 0 Å². The molecule has 0 spiro atoms. The first kappa shape index (κ1) is 12.3. The van der Waals surface area contributed by atoms with Gasteiger partial charge in [-0.1, -0.05) is 42.5 Å². The molecule has 0 atom stereocenters. The van der Waals surface area contributed by atoms with E-state index in [-0.39, 0.29) is 12.4 Å². The molecule has 1 aromatic carbocycles. The molecule has 3 heteroatoms. The van der Waals surface area contributed by atoms with Gasteiger partial charge in [0.15, 0.2) is 0 Å². The Bertz CT molecular complexity index is 466. The molecule has 2 aromatic rings. The number of benzene rings is 1. The maximum atomic E-state index is 5.77. The topological polar surface area (TPSA) is 38.9 Å². The van der Waals surface area contributed by atoms with E-state index in [1.807, 2.05) is 48.6 Å². The highest BCUT2D eigenvalue weighted by Crippen LogP contribution is 2.13. The molecule has 2 rings (SSSR count). The second kappa shape index (κ2) is 5.93. The summed E-state index contributed by atoms with van der Waals surface area (Å²) >= 11 is 0. The molecule has 0 amide bonds. The molecule has 0 aliphatic carbocycles. The Kier molecular flexibility index (Phi) is 4.55. The van der Waals surface area contributed by atoms with Gasteiger partial charge in [-0.15, -0.1) is 12.4 Å². The summed E-state index contributed by atoms with van der Waals surface area (Å²) in [7, 11) is 0. The van der Waals surface area contributed by atoms with Crippen LogP contribution in [0.2, 0.25) is 0 Å². The van der Waals surface area contributed by atoms with Gasteiger partial charge in [-0.2, -0.15) is 0 Å². The minimum absolute atomic E-state index is 0. The van der Waals surface area contributed by atoms with Gasteiger partial charge in [-0.05, 0) is 11.6 Å². The molecule has 0 fully saturated rings. The highest BCUT2D eigenvalue weighted by atomic mass is 35.5. The monoisotopic (exact) mass is 232 g/mol. The molecule has 0 aliphatic rings. The van der Waals surface area contributed by atoms with Crippen molar-refractivity contribution in [2.45, 2.75) is 0 Å². The number of nitrogens with two attached hydrogens (primary N) is 1. The van der Waals surface area contributed by atoms with Gasteiger partial charge in [0.1, 0.15) is 0 Å². The Morgan fingerprint density at radius 2 is 1.75 bits per heavy atom. The number of nitrogen functional groups attached to an aromatic ring is 1. The van der Waals surface area contributed by atoms with Gasteiger partial charge in [0.25, 0.3) is 0 Å². The summed E-state index contributed by atoms with van der Waals surface area (Å²) in [6, 6.07) is 12.0. The van der Waals surface area contributed by atoms with E-state index in [0.717, 1.165) is 11.1 Å². The van der Waals surface area contributed by atoms with Crippen LogP contribution in [0.1, 0.15) is 11.1 Å². The van der Waals surface area contributed by atoms with Crippen LogP contribution in [-0.2, 0) is 0 Å². The molecule has 0 bridgehead atoms. The molecule has 0 radical (unpaired) electrons. The summed E-state index contributed by atoms with van der Waals surface area (Å²) in [5, 5.41) is 0. The SMILES string of the molecule is Cl.Nc1cnccc1C=Cc1ccccc1. The number of pyridine rings is 1. The summed E-state index contributed by atoms with van der Waals surface area (Å²) in [6.45, 7) is 0. The zero-order valence-electron chi connectivity index (χ0n) is 8.71. The van der Waals surface area contributed by atoms with Crippen molar-refractivity contribution in [3.05, 3.63) is 59.9 Å². The number of hydrogen-bond acceptors (Lipinski definition) is 2. The third-order valence-corrected chi connectivity index (χ3v) is 2.14. The normalized spacial score (nSPS) is 10.0. The molecule has 0 saturated heterocycles. The van der Waals surface area contributed by atoms with Crippen molar-refractivity contribution in [3.8, 4) is 0 Å². The predicted molar refractivity (Wildman–Crippen MR) is 71.3 cm³/mol. The van der Waals surface area contributed by atoms with Crippen molar-refractivity contribution < 1.29 is 0 Å². The summed E-state index contributed by atoms with van der Waals surface area (Å²) in [4.78, 5) is 3.94. The van der Waals surface area contributed by atoms with Gasteiger partial charge in [-0.3, -0.25) is 4.98 Å². The van der Waals surface area contributed by atoms with Crippen LogP contribution >= 0.6 is 12.4 Å². The van der Waals surface area contributed by atoms with Crippen LogP contribution in [0.5, 0.6) is 0 Å². The molecule has 0 saturated carbocycles. The van der Waals surface area contributed by atoms with E-state index in [0.29, 0.717) is 5.69 Å². The lowest BCUT2D eigenvalue weighted by molar-refractivity contribution is 1.33. The van der Waals surface area contributed by atoms with Crippen LogP contribution in [0.25, 0.3) is 12.2 Å². The molecule has 2 N–H and O–H groups in total. The van der Waals surface area contributed by atoms with Gasteiger partial charge < -0.3 is 5.73 Å². The molecule has 16 heavy (non-hydrogen) atoms. The standard InChI is InChI=1S/C13H12N2.ClH/c14-13-10-15-9-8-12(13)7-6-11-4-2-1-3-5-11;/h1-10H,14H2;1H. The quantitative estimate of drug-likeness (QED) is 0.863. The molecule has 1 heterocycles. The average Bonchev–Trinajstić information content (AvgIpc) is 2.29. The van der Waals surface area contributed by atoms with E-state index in [1.54, 1.807) is 12.4 Å². The van der Waals surface area contributed by atoms with Crippen LogP contribution in [0.4, 0.5) is 5.69 Å². The van der Waals surface area contributed by atoms with E-state index in [9.17, 15) is 0 Å². The molecule has 0 unspecified atom stereocenters. The van der Waals surface area contributed by atoms with Crippen molar-refractivity contribution in [1.82, 2.24) is 4.98 Å². The highest BCUT2D eigenvalue weighted by Gasteiger charge is 1.92. The molecular formula is C13H13ClN2. The van der Waals surface area contributed by atoms with Gasteiger partial charge in [0.05, 0.1) is 11.9 Å². The Morgan fingerprint density at radius 1 is 1.00 bits per heavy atom. The fourth-order valence-corrected chi connectivity index (χ4v) is 1.32. The largest absolute Gasteiger partial charge is 0.397 e. The summed E-state index contributed by atoms with van der Waals surface area (Å²) in [5.74, 6) is 0. The van der Waals surface area contributed by atoms with Crippen molar-refractivity contribution in [1.29, 1.82) is 0 Å². The van der Waals surface area contributed by atoms with E-state index in [2.05, 4.69) is 4.98 Å². The van der Waals surface area contributed by atoms with Gasteiger partial charge >= 0.3 is 0 Å². The van der Waals surface area contributed by atoms with Crippen LogP contribution in [-0.4, -0.2) is 4.98 Å². The lowest BCUT2D eigenvalue weighted by Gasteiger charge is -1.97. The first-order chi connectivity index (χ1) is 7.36. The number of nitrogens with zero attached hydrogens (tertiary/aromatic N) is 1. The molecular weight excluding hydrogens is 220 g/mol. The number of aromatic nitrogens is 1. The first-order valence-electron chi connectivity index (χ1n) is 4.79. The molecule has 82 valence electrons. The van der Waals surface area contributed by atoms with E-state index >= 15 is 0 Å². The zero-order chi connectivity index (χ0) is 10.5. The smallest absolute Gasteiger partial charge is 0.0574 e. The summed E-state index contributed by atoms with van der Waals surface area (Å²) in [6.07, 6.45) is 7.42. The van der Waals surface area contributed by atoms with Crippen molar-refractivity contribution >= 4 is 30.2 Å². The summed E-state index contributed by atoms with van der Waals surface area (Å²) in [5.41, 5.74) is 8.62. The Hall–Kier alpha value is -1.80. The van der Waals surface area contributed by atoms with Crippen LogP contribution in [0.15, 0.2) is 48.8 Å². The Balaban J connectivity index is 0.00000128. The Labute approximate surface area is 101 Å². The second-order valence-electron chi connectivity index (χ2n) is 3.25. The minimum Gasteiger partial charge on any atom is -0.397 e. The second-order valence-corrected chi connectivity index (χ2v) is 3.25. The third-order valence-electron chi connectivity index (χ3n) is 2.14. The maximum absolute atomic E-state index is 5.77. The maximum Gasteiger partial charge on any atom is 0.0574 e. The van der Waals surface area contributed by atoms with Crippen LogP contribution in [0.3, 0.4) is 0 Å². The van der Waals surface area contributed by atoms with E-state index in [1.165, 1.54) is 0 Å². The number of hydrogen-bond donors (Lipinski definition) is 1. The van der Waals surface area contributed by atoms with Crippen LogP contribution in [0, 0.1) is 0 Å². The summed E-state index contributed by atoms with van der Waals surface area (Å²) < 4.78 is 0. The average molecular weight is 233 g/mol. The Morgan fingerprint density at radius 3 is 2.44 bits per heavy atom. The van der Waals surface area contributed by atoms with E-state index in [4.69, 9.17) is 5.73 Å². The lowest BCUT2D eigenvalue weighted by Crippen LogP contribution is -1.89. The van der Waals surface area contributed by atoms with Crippen LogP contribution < -0.4 is 5.73 Å². The third kappa shape index (κ3) is 3.11. The van der Waals surface area contributed by atoms with Crippen molar-refractivity contribution in [2.75, 3.05) is 5.73 Å². The molecule has 2 nitrogen and oxygen atoms in total. The first-order valence-corrected chi connectivity index (χ1v) is 4.79. The van der Waals surface area contributed by atoms with Gasteiger partial charge in [0, 0.05) is 11.8 Å².